The number of rotatable bonds is 2. The van der Waals surface area contributed by atoms with E-state index in [-0.39, 0.29) is 11.5 Å². The molecule has 0 aliphatic carbocycles. The van der Waals surface area contributed by atoms with Gasteiger partial charge in [-0.25, -0.2) is 0 Å². The number of likely N-dealkylation sites (tertiary alicyclic amines) is 1. The van der Waals surface area contributed by atoms with Crippen molar-refractivity contribution in [3.8, 4) is 0 Å². The molecule has 0 aromatic carbocycles. The highest BCUT2D eigenvalue weighted by Crippen LogP contribution is 2.33. The van der Waals surface area contributed by atoms with Crippen LogP contribution in [0, 0.1) is 5.92 Å². The van der Waals surface area contributed by atoms with Gasteiger partial charge in [0, 0.05) is 12.3 Å². The molecule has 2 rings (SSSR count). The van der Waals surface area contributed by atoms with Crippen LogP contribution in [0.1, 0.15) is 24.0 Å². The first-order valence-corrected chi connectivity index (χ1v) is 6.33. The van der Waals surface area contributed by atoms with E-state index >= 15 is 0 Å². The Kier molecular flexibility index (Phi) is 3.99. The molecule has 0 atom stereocenters. The van der Waals surface area contributed by atoms with Gasteiger partial charge in [0.25, 0.3) is 0 Å². The lowest BCUT2D eigenvalue weighted by molar-refractivity contribution is -0.138. The Bertz CT molecular complexity index is 487. The molecule has 0 radical (unpaired) electrons. The molecule has 0 saturated carbocycles. The van der Waals surface area contributed by atoms with Gasteiger partial charge < -0.3 is 9.88 Å². The number of hydrogen-bond acceptors (Lipinski definition) is 2. The highest BCUT2D eigenvalue weighted by atomic mass is 19.4. The fraction of sp³-hybridized carbons (Fsp3) is 0.615. The van der Waals surface area contributed by atoms with E-state index in [1.807, 2.05) is 7.05 Å². The van der Waals surface area contributed by atoms with Gasteiger partial charge in [0.05, 0.1) is 5.56 Å². The number of hydrogen-bond donors (Lipinski definition) is 1. The molecule has 1 fully saturated rings. The molecule has 106 valence electrons. The summed E-state index contributed by atoms with van der Waals surface area (Å²) in [4.78, 5) is 15.6. The maximum atomic E-state index is 12.9. The molecule has 19 heavy (non-hydrogen) atoms. The van der Waals surface area contributed by atoms with E-state index in [2.05, 4.69) is 9.88 Å². The van der Waals surface area contributed by atoms with Crippen molar-refractivity contribution in [2.75, 3.05) is 20.1 Å². The lowest BCUT2D eigenvalue weighted by Crippen LogP contribution is -2.31. The molecule has 0 bridgehead atoms. The fourth-order valence-electron chi connectivity index (χ4n) is 2.51. The van der Waals surface area contributed by atoms with Crippen LogP contribution in [-0.2, 0) is 12.6 Å². The van der Waals surface area contributed by atoms with E-state index in [1.165, 1.54) is 6.20 Å². The first-order chi connectivity index (χ1) is 8.86. The van der Waals surface area contributed by atoms with Crippen LogP contribution in [0.15, 0.2) is 17.1 Å². The summed E-state index contributed by atoms with van der Waals surface area (Å²) in [6, 6.07) is 0.657. The van der Waals surface area contributed by atoms with Gasteiger partial charge in [-0.2, -0.15) is 13.2 Å². The molecule has 1 aromatic rings. The Hall–Kier alpha value is -1.30. The van der Waals surface area contributed by atoms with Crippen molar-refractivity contribution in [3.05, 3.63) is 33.7 Å². The molecule has 6 heteroatoms. The van der Waals surface area contributed by atoms with Gasteiger partial charge in [-0.15, -0.1) is 0 Å². The van der Waals surface area contributed by atoms with Crippen molar-refractivity contribution in [1.29, 1.82) is 0 Å². The second-order valence-electron chi connectivity index (χ2n) is 5.18. The van der Waals surface area contributed by atoms with Crippen LogP contribution in [-0.4, -0.2) is 30.0 Å². The maximum Gasteiger partial charge on any atom is 0.416 e. The average Bonchev–Trinajstić information content (AvgIpc) is 2.33. The molecule has 3 nitrogen and oxygen atoms in total. The summed E-state index contributed by atoms with van der Waals surface area (Å²) >= 11 is 0. The van der Waals surface area contributed by atoms with Gasteiger partial charge in [-0.3, -0.25) is 4.79 Å². The number of H-pyrrole nitrogens is 1. The number of nitrogens with one attached hydrogen (secondary N) is 1. The number of aromatic nitrogens is 1. The summed E-state index contributed by atoms with van der Waals surface area (Å²) in [5, 5.41) is 0. The first-order valence-electron chi connectivity index (χ1n) is 6.33. The molecule has 2 heterocycles. The first kappa shape index (κ1) is 14.1. The second kappa shape index (κ2) is 5.36. The summed E-state index contributed by atoms with van der Waals surface area (Å²) < 4.78 is 38.7. The third-order valence-electron chi connectivity index (χ3n) is 3.66. The van der Waals surface area contributed by atoms with Crippen LogP contribution in [0.3, 0.4) is 0 Å². The van der Waals surface area contributed by atoms with Crippen molar-refractivity contribution in [1.82, 2.24) is 9.88 Å². The van der Waals surface area contributed by atoms with Crippen LogP contribution < -0.4 is 5.56 Å². The number of nitrogens with zero attached hydrogens (tertiary/aromatic N) is 1. The summed E-state index contributed by atoms with van der Waals surface area (Å²) in [5.41, 5.74) is -1.31. The molecule has 1 N–H and O–H groups in total. The Balaban J connectivity index is 2.18. The normalized spacial score (nSPS) is 18.7. The number of alkyl halides is 3. The second-order valence-corrected chi connectivity index (χ2v) is 5.18. The molecular formula is C13H17F3N2O. The largest absolute Gasteiger partial charge is 0.416 e. The van der Waals surface area contributed by atoms with Gasteiger partial charge in [-0.05, 0) is 50.9 Å². The molecule has 1 aliphatic heterocycles. The van der Waals surface area contributed by atoms with Gasteiger partial charge in [-0.1, -0.05) is 0 Å². The van der Waals surface area contributed by atoms with Crippen molar-refractivity contribution in [2.24, 2.45) is 5.92 Å². The highest BCUT2D eigenvalue weighted by Gasteiger charge is 2.34. The monoisotopic (exact) mass is 274 g/mol. The zero-order valence-electron chi connectivity index (χ0n) is 10.8. The van der Waals surface area contributed by atoms with E-state index in [0.717, 1.165) is 25.9 Å². The van der Waals surface area contributed by atoms with Crippen LogP contribution >= 0.6 is 0 Å². The third kappa shape index (κ3) is 3.59. The number of pyridine rings is 1. The van der Waals surface area contributed by atoms with Gasteiger partial charge >= 0.3 is 6.18 Å². The van der Waals surface area contributed by atoms with E-state index < -0.39 is 17.3 Å². The van der Waals surface area contributed by atoms with Crippen molar-refractivity contribution >= 4 is 0 Å². The number of aromatic amines is 1. The maximum absolute atomic E-state index is 12.9. The van der Waals surface area contributed by atoms with Gasteiger partial charge in [0.15, 0.2) is 0 Å². The Morgan fingerprint density at radius 3 is 2.58 bits per heavy atom. The lowest BCUT2D eigenvalue weighted by Gasteiger charge is -2.29. The molecule has 1 aliphatic rings. The molecule has 1 aromatic heterocycles. The summed E-state index contributed by atoms with van der Waals surface area (Å²) in [7, 11) is 2.01. The van der Waals surface area contributed by atoms with Crippen molar-refractivity contribution < 1.29 is 13.2 Å². The number of piperidine rings is 1. The van der Waals surface area contributed by atoms with Crippen LogP contribution in [0.5, 0.6) is 0 Å². The number of halogens is 3. The molecular weight excluding hydrogens is 257 g/mol. The van der Waals surface area contributed by atoms with Crippen LogP contribution in [0.2, 0.25) is 0 Å². The highest BCUT2D eigenvalue weighted by molar-refractivity contribution is 5.26. The van der Waals surface area contributed by atoms with Gasteiger partial charge in [0.1, 0.15) is 0 Å². The molecule has 1 saturated heterocycles. The molecule has 0 unspecified atom stereocenters. The minimum atomic E-state index is -4.46. The zero-order valence-corrected chi connectivity index (χ0v) is 10.8. The van der Waals surface area contributed by atoms with E-state index in [4.69, 9.17) is 0 Å². The van der Waals surface area contributed by atoms with Crippen molar-refractivity contribution in [2.45, 2.75) is 25.4 Å². The SMILES string of the molecule is CN1CCC(Cc2c[nH]c(=O)cc2C(F)(F)F)CC1. The predicted octanol–water partition coefficient (Wildman–Crippen LogP) is 2.28. The topological polar surface area (TPSA) is 36.1 Å². The average molecular weight is 274 g/mol. The quantitative estimate of drug-likeness (QED) is 0.898. The Labute approximate surface area is 109 Å². The summed E-state index contributed by atoms with van der Waals surface area (Å²) in [6.07, 6.45) is -1.09. The van der Waals surface area contributed by atoms with Gasteiger partial charge in [0.2, 0.25) is 5.56 Å². The third-order valence-corrected chi connectivity index (χ3v) is 3.66. The fourth-order valence-corrected chi connectivity index (χ4v) is 2.51. The van der Waals surface area contributed by atoms with Crippen molar-refractivity contribution in [3.63, 3.8) is 0 Å². The molecule has 0 amide bonds. The van der Waals surface area contributed by atoms with Crippen LogP contribution in [0.4, 0.5) is 13.2 Å². The van der Waals surface area contributed by atoms with E-state index in [9.17, 15) is 18.0 Å². The smallest absolute Gasteiger partial charge is 0.329 e. The van der Waals surface area contributed by atoms with E-state index in [0.29, 0.717) is 12.5 Å². The zero-order chi connectivity index (χ0) is 14.0. The standard InChI is InChI=1S/C13H17F3N2O/c1-18-4-2-9(3-5-18)6-10-8-17-12(19)7-11(10)13(14,15)16/h7-9H,2-6H2,1H3,(H,17,19). The minimum Gasteiger partial charge on any atom is -0.329 e. The lowest BCUT2D eigenvalue weighted by atomic mass is 9.89. The Morgan fingerprint density at radius 1 is 1.37 bits per heavy atom. The predicted molar refractivity (Wildman–Crippen MR) is 66.0 cm³/mol. The summed E-state index contributed by atoms with van der Waals surface area (Å²) in [6.45, 7) is 1.82. The van der Waals surface area contributed by atoms with E-state index in [1.54, 1.807) is 0 Å². The van der Waals surface area contributed by atoms with Crippen LogP contribution in [0.25, 0.3) is 0 Å². The molecule has 0 spiro atoms. The minimum absolute atomic E-state index is 0.196. The Morgan fingerprint density at radius 2 is 2.00 bits per heavy atom. The summed E-state index contributed by atoms with van der Waals surface area (Å²) in [5.74, 6) is 0.253.